The van der Waals surface area contributed by atoms with Gasteiger partial charge in [-0.1, -0.05) is 45.4 Å². The molecule has 0 atom stereocenters. The third kappa shape index (κ3) is 2.90. The first-order chi connectivity index (χ1) is 6.99. The average molecular weight is 226 g/mol. The Kier molecular flexibility index (Phi) is 3.02. The molecular formula is C12H22N2S. The largest absolute Gasteiger partial charge is 0.359 e. The van der Waals surface area contributed by atoms with E-state index in [1.807, 2.05) is 11.8 Å². The zero-order chi connectivity index (χ0) is 10.9. The molecule has 0 aromatic heterocycles. The lowest BCUT2D eigenvalue weighted by Gasteiger charge is -2.22. The topological polar surface area (TPSA) is 24.4 Å². The van der Waals surface area contributed by atoms with Gasteiger partial charge in [0, 0.05) is 17.8 Å². The molecule has 0 radical (unpaired) electrons. The number of hydrogen-bond donors (Lipinski definition) is 1. The molecule has 1 saturated heterocycles. The van der Waals surface area contributed by atoms with Gasteiger partial charge >= 0.3 is 0 Å². The van der Waals surface area contributed by atoms with Crippen LogP contribution in [0, 0.1) is 5.41 Å². The number of rotatable bonds is 1. The molecule has 1 saturated carbocycles. The van der Waals surface area contributed by atoms with Crippen LogP contribution in [0.15, 0.2) is 4.99 Å². The highest BCUT2D eigenvalue weighted by Crippen LogP contribution is 2.37. The summed E-state index contributed by atoms with van der Waals surface area (Å²) in [6.07, 6.45) is 5.46. The monoisotopic (exact) mass is 226 g/mol. The summed E-state index contributed by atoms with van der Waals surface area (Å²) >= 11 is 1.92. The van der Waals surface area contributed by atoms with E-state index in [1.165, 1.54) is 36.6 Å². The molecule has 0 aromatic rings. The Morgan fingerprint density at radius 2 is 2.00 bits per heavy atom. The van der Waals surface area contributed by atoms with Gasteiger partial charge in [0.1, 0.15) is 0 Å². The first kappa shape index (κ1) is 11.3. The maximum absolute atomic E-state index is 4.68. The van der Waals surface area contributed by atoms with Crippen molar-refractivity contribution in [1.29, 1.82) is 0 Å². The quantitative estimate of drug-likeness (QED) is 0.743. The molecule has 3 heteroatoms. The molecule has 1 aliphatic heterocycles. The molecule has 0 unspecified atom stereocenters. The van der Waals surface area contributed by atoms with Crippen LogP contribution in [0.2, 0.25) is 0 Å². The van der Waals surface area contributed by atoms with Crippen LogP contribution < -0.4 is 5.32 Å². The minimum absolute atomic E-state index is 0.306. The second-order valence-electron chi connectivity index (χ2n) is 6.08. The summed E-state index contributed by atoms with van der Waals surface area (Å²) in [5.74, 6) is 1.23. The normalized spacial score (nSPS) is 27.5. The van der Waals surface area contributed by atoms with E-state index in [9.17, 15) is 0 Å². The Hall–Kier alpha value is -0.180. The maximum Gasteiger partial charge on any atom is 0.157 e. The number of amidine groups is 1. The SMILES string of the molecule is CC(C)(C)CN=C1NC2(CCCC2)CS1. The van der Waals surface area contributed by atoms with Crippen molar-refractivity contribution >= 4 is 16.9 Å². The highest BCUT2D eigenvalue weighted by molar-refractivity contribution is 8.14. The van der Waals surface area contributed by atoms with Crippen molar-refractivity contribution in [2.75, 3.05) is 12.3 Å². The predicted molar refractivity (Wildman–Crippen MR) is 68.5 cm³/mol. The van der Waals surface area contributed by atoms with E-state index in [0.717, 1.165) is 6.54 Å². The van der Waals surface area contributed by atoms with Gasteiger partial charge in [0.25, 0.3) is 0 Å². The van der Waals surface area contributed by atoms with E-state index >= 15 is 0 Å². The molecule has 0 bridgehead atoms. The first-order valence-electron chi connectivity index (χ1n) is 5.95. The second-order valence-corrected chi connectivity index (χ2v) is 7.05. The Labute approximate surface area is 97.3 Å². The van der Waals surface area contributed by atoms with E-state index in [0.29, 0.717) is 11.0 Å². The summed E-state index contributed by atoms with van der Waals surface area (Å²) in [7, 11) is 0. The zero-order valence-corrected chi connectivity index (χ0v) is 10.9. The van der Waals surface area contributed by atoms with E-state index in [4.69, 9.17) is 0 Å². The van der Waals surface area contributed by atoms with Crippen molar-refractivity contribution in [3.8, 4) is 0 Å². The van der Waals surface area contributed by atoms with Crippen LogP contribution in [-0.2, 0) is 0 Å². The average Bonchev–Trinajstić information content (AvgIpc) is 2.73. The number of thioether (sulfide) groups is 1. The Morgan fingerprint density at radius 3 is 2.60 bits per heavy atom. The van der Waals surface area contributed by atoms with Crippen molar-refractivity contribution in [2.24, 2.45) is 10.4 Å². The lowest BCUT2D eigenvalue weighted by molar-refractivity contribution is 0.424. The molecule has 2 rings (SSSR count). The summed E-state index contributed by atoms with van der Waals surface area (Å²) in [6, 6.07) is 0. The summed E-state index contributed by atoms with van der Waals surface area (Å²) in [4.78, 5) is 4.68. The number of aliphatic imine (C=N–C) groups is 1. The fourth-order valence-electron chi connectivity index (χ4n) is 2.22. The van der Waals surface area contributed by atoms with Gasteiger partial charge in [0.2, 0.25) is 0 Å². The molecular weight excluding hydrogens is 204 g/mol. The third-order valence-electron chi connectivity index (χ3n) is 3.11. The van der Waals surface area contributed by atoms with E-state index in [2.05, 4.69) is 31.1 Å². The smallest absolute Gasteiger partial charge is 0.157 e. The van der Waals surface area contributed by atoms with Crippen molar-refractivity contribution in [1.82, 2.24) is 5.32 Å². The molecule has 1 heterocycles. The van der Waals surface area contributed by atoms with Gasteiger partial charge in [-0.2, -0.15) is 0 Å². The van der Waals surface area contributed by atoms with Crippen LogP contribution in [-0.4, -0.2) is 23.0 Å². The minimum Gasteiger partial charge on any atom is -0.359 e. The number of hydrogen-bond acceptors (Lipinski definition) is 2. The Bertz CT molecular complexity index is 259. The van der Waals surface area contributed by atoms with Gasteiger partial charge in [-0.3, -0.25) is 4.99 Å². The van der Waals surface area contributed by atoms with Gasteiger partial charge < -0.3 is 5.32 Å². The summed E-state index contributed by atoms with van der Waals surface area (Å²) in [6.45, 7) is 7.64. The molecule has 0 aromatic carbocycles. The van der Waals surface area contributed by atoms with Crippen molar-refractivity contribution in [3.63, 3.8) is 0 Å². The van der Waals surface area contributed by atoms with Crippen LogP contribution in [0.1, 0.15) is 46.5 Å². The summed E-state index contributed by atoms with van der Waals surface area (Å²) in [5.41, 5.74) is 0.724. The molecule has 2 fully saturated rings. The summed E-state index contributed by atoms with van der Waals surface area (Å²) < 4.78 is 0. The van der Waals surface area contributed by atoms with Gasteiger partial charge in [-0.25, -0.2) is 0 Å². The lowest BCUT2D eigenvalue weighted by Crippen LogP contribution is -2.40. The molecule has 1 spiro atoms. The van der Waals surface area contributed by atoms with Crippen LogP contribution >= 0.6 is 11.8 Å². The van der Waals surface area contributed by atoms with Crippen LogP contribution in [0.3, 0.4) is 0 Å². The fourth-order valence-corrected chi connectivity index (χ4v) is 3.44. The van der Waals surface area contributed by atoms with Gasteiger partial charge in [0.05, 0.1) is 0 Å². The maximum atomic E-state index is 4.68. The van der Waals surface area contributed by atoms with Gasteiger partial charge in [0.15, 0.2) is 5.17 Å². The Morgan fingerprint density at radius 1 is 1.33 bits per heavy atom. The molecule has 0 amide bonds. The molecule has 2 nitrogen and oxygen atoms in total. The lowest BCUT2D eigenvalue weighted by atomic mass is 9.97. The van der Waals surface area contributed by atoms with E-state index < -0.39 is 0 Å². The molecule has 86 valence electrons. The number of nitrogens with zero attached hydrogens (tertiary/aromatic N) is 1. The van der Waals surface area contributed by atoms with Crippen LogP contribution in [0.4, 0.5) is 0 Å². The molecule has 1 aliphatic carbocycles. The molecule has 15 heavy (non-hydrogen) atoms. The van der Waals surface area contributed by atoms with Crippen molar-refractivity contribution in [3.05, 3.63) is 0 Å². The van der Waals surface area contributed by atoms with E-state index in [-0.39, 0.29) is 0 Å². The van der Waals surface area contributed by atoms with Crippen molar-refractivity contribution in [2.45, 2.75) is 52.0 Å². The summed E-state index contributed by atoms with van der Waals surface area (Å²) in [5, 5.41) is 4.84. The highest BCUT2D eigenvalue weighted by Gasteiger charge is 2.39. The van der Waals surface area contributed by atoms with E-state index in [1.54, 1.807) is 0 Å². The first-order valence-corrected chi connectivity index (χ1v) is 6.93. The fraction of sp³-hybridized carbons (Fsp3) is 0.917. The third-order valence-corrected chi connectivity index (χ3v) is 4.32. The van der Waals surface area contributed by atoms with Gasteiger partial charge in [-0.15, -0.1) is 0 Å². The zero-order valence-electron chi connectivity index (χ0n) is 10.1. The molecule has 1 N–H and O–H groups in total. The standard InChI is InChI=1S/C12H22N2S/c1-11(2,3)8-13-10-14-12(9-15-10)6-4-5-7-12/h4-9H2,1-3H3,(H,13,14). The molecule has 2 aliphatic rings. The minimum atomic E-state index is 0.306. The Balaban J connectivity index is 1.92. The second kappa shape index (κ2) is 4.00. The predicted octanol–water partition coefficient (Wildman–Crippen LogP) is 3.04. The highest BCUT2D eigenvalue weighted by atomic mass is 32.2. The van der Waals surface area contributed by atoms with Gasteiger partial charge in [-0.05, 0) is 18.3 Å². The van der Waals surface area contributed by atoms with Crippen LogP contribution in [0.5, 0.6) is 0 Å². The van der Waals surface area contributed by atoms with Crippen molar-refractivity contribution < 1.29 is 0 Å². The number of nitrogens with one attached hydrogen (secondary N) is 1. The van der Waals surface area contributed by atoms with Crippen LogP contribution in [0.25, 0.3) is 0 Å².